The number of piperidine rings is 1. The molecule has 0 aromatic carbocycles. The standard InChI is InChI=1S/C9H20N2O2/c12-7-5-11(6-8-13)9-1-3-10-4-2-9/h9-10,12-13H,1-8H2. The first kappa shape index (κ1) is 10.9. The maximum Gasteiger partial charge on any atom is 0.0558 e. The van der Waals surface area contributed by atoms with Gasteiger partial charge in [-0.1, -0.05) is 0 Å². The zero-order chi connectivity index (χ0) is 9.52. The maximum atomic E-state index is 8.86. The molecule has 3 N–H and O–H groups in total. The fourth-order valence-corrected chi connectivity index (χ4v) is 1.91. The van der Waals surface area contributed by atoms with Crippen molar-refractivity contribution in [2.45, 2.75) is 18.9 Å². The number of hydrogen-bond acceptors (Lipinski definition) is 4. The second-order valence-electron chi connectivity index (χ2n) is 3.46. The van der Waals surface area contributed by atoms with Crippen molar-refractivity contribution in [3.63, 3.8) is 0 Å². The molecule has 78 valence electrons. The second-order valence-corrected chi connectivity index (χ2v) is 3.46. The fourth-order valence-electron chi connectivity index (χ4n) is 1.91. The molecule has 0 saturated carbocycles. The van der Waals surface area contributed by atoms with Gasteiger partial charge in [-0.25, -0.2) is 0 Å². The fraction of sp³-hybridized carbons (Fsp3) is 1.00. The van der Waals surface area contributed by atoms with E-state index in [0.29, 0.717) is 19.1 Å². The van der Waals surface area contributed by atoms with Crippen molar-refractivity contribution in [2.24, 2.45) is 0 Å². The van der Waals surface area contributed by atoms with Crippen LogP contribution in [0.1, 0.15) is 12.8 Å². The van der Waals surface area contributed by atoms with Crippen molar-refractivity contribution in [2.75, 3.05) is 39.4 Å². The predicted octanol–water partition coefficient (Wildman–Crippen LogP) is -0.975. The van der Waals surface area contributed by atoms with Gasteiger partial charge in [-0.05, 0) is 25.9 Å². The molecule has 1 heterocycles. The molecule has 0 unspecified atom stereocenters. The zero-order valence-corrected chi connectivity index (χ0v) is 8.08. The molecule has 1 saturated heterocycles. The second kappa shape index (κ2) is 6.32. The Bertz CT molecular complexity index is 121. The Morgan fingerprint density at radius 2 is 1.62 bits per heavy atom. The summed E-state index contributed by atoms with van der Waals surface area (Å²) in [4.78, 5) is 2.18. The van der Waals surface area contributed by atoms with Crippen LogP contribution >= 0.6 is 0 Å². The van der Waals surface area contributed by atoms with Crippen molar-refractivity contribution in [3.8, 4) is 0 Å². The summed E-state index contributed by atoms with van der Waals surface area (Å²) in [5.41, 5.74) is 0. The van der Waals surface area contributed by atoms with Crippen LogP contribution in [-0.2, 0) is 0 Å². The van der Waals surface area contributed by atoms with E-state index in [0.717, 1.165) is 25.9 Å². The quantitative estimate of drug-likeness (QED) is 0.519. The molecule has 0 aromatic rings. The molecule has 0 amide bonds. The number of hydrogen-bond donors (Lipinski definition) is 3. The predicted molar refractivity (Wildman–Crippen MR) is 51.6 cm³/mol. The van der Waals surface area contributed by atoms with Crippen molar-refractivity contribution < 1.29 is 10.2 Å². The third kappa shape index (κ3) is 3.60. The first-order valence-corrected chi connectivity index (χ1v) is 5.05. The Kier molecular flexibility index (Phi) is 5.31. The van der Waals surface area contributed by atoms with E-state index in [1.165, 1.54) is 0 Å². The lowest BCUT2D eigenvalue weighted by Gasteiger charge is -2.33. The SMILES string of the molecule is OCCN(CCO)C1CCNCC1. The van der Waals surface area contributed by atoms with Crippen LogP contribution in [0.3, 0.4) is 0 Å². The highest BCUT2D eigenvalue weighted by atomic mass is 16.3. The summed E-state index contributed by atoms with van der Waals surface area (Å²) in [6.45, 7) is 3.85. The van der Waals surface area contributed by atoms with Gasteiger partial charge in [0.05, 0.1) is 13.2 Å². The van der Waals surface area contributed by atoms with Crippen molar-refractivity contribution in [3.05, 3.63) is 0 Å². The van der Waals surface area contributed by atoms with Gasteiger partial charge in [0.25, 0.3) is 0 Å². The Balaban J connectivity index is 2.32. The van der Waals surface area contributed by atoms with E-state index in [-0.39, 0.29) is 13.2 Å². The van der Waals surface area contributed by atoms with Crippen LogP contribution in [0.2, 0.25) is 0 Å². The highest BCUT2D eigenvalue weighted by Crippen LogP contribution is 2.10. The van der Waals surface area contributed by atoms with Crippen LogP contribution in [0.25, 0.3) is 0 Å². The molecule has 0 aromatic heterocycles. The summed E-state index contributed by atoms with van der Waals surface area (Å²) in [6, 6.07) is 0.542. The number of rotatable bonds is 5. The van der Waals surface area contributed by atoms with Crippen LogP contribution in [0.5, 0.6) is 0 Å². The highest BCUT2D eigenvalue weighted by molar-refractivity contribution is 4.77. The number of nitrogens with zero attached hydrogens (tertiary/aromatic N) is 1. The molecule has 1 aliphatic heterocycles. The smallest absolute Gasteiger partial charge is 0.0558 e. The average molecular weight is 188 g/mol. The molecule has 1 aliphatic rings. The minimum atomic E-state index is 0.184. The van der Waals surface area contributed by atoms with Gasteiger partial charge < -0.3 is 15.5 Å². The third-order valence-electron chi connectivity index (χ3n) is 2.60. The number of nitrogens with one attached hydrogen (secondary N) is 1. The summed E-state index contributed by atoms with van der Waals surface area (Å²) in [5, 5.41) is 21.0. The van der Waals surface area contributed by atoms with Gasteiger partial charge in [0.15, 0.2) is 0 Å². The van der Waals surface area contributed by atoms with Crippen LogP contribution in [0.4, 0.5) is 0 Å². The van der Waals surface area contributed by atoms with Crippen molar-refractivity contribution in [1.82, 2.24) is 10.2 Å². The average Bonchev–Trinajstić information content (AvgIpc) is 2.19. The Morgan fingerprint density at radius 1 is 1.08 bits per heavy atom. The van der Waals surface area contributed by atoms with Crippen molar-refractivity contribution in [1.29, 1.82) is 0 Å². The lowest BCUT2D eigenvalue weighted by atomic mass is 10.0. The molecule has 1 rings (SSSR count). The van der Waals surface area contributed by atoms with Crippen molar-refractivity contribution >= 4 is 0 Å². The van der Waals surface area contributed by atoms with E-state index >= 15 is 0 Å². The Hall–Kier alpha value is -0.160. The van der Waals surface area contributed by atoms with Crippen LogP contribution < -0.4 is 5.32 Å². The molecule has 1 fully saturated rings. The lowest BCUT2D eigenvalue weighted by Crippen LogP contribution is -2.45. The monoisotopic (exact) mass is 188 g/mol. The number of aliphatic hydroxyl groups excluding tert-OH is 2. The van der Waals surface area contributed by atoms with Gasteiger partial charge in [-0.2, -0.15) is 0 Å². The van der Waals surface area contributed by atoms with E-state index in [2.05, 4.69) is 10.2 Å². The molecule has 4 heteroatoms. The van der Waals surface area contributed by atoms with E-state index in [9.17, 15) is 0 Å². The van der Waals surface area contributed by atoms with Gasteiger partial charge in [0, 0.05) is 19.1 Å². The van der Waals surface area contributed by atoms with Crippen LogP contribution in [-0.4, -0.2) is 60.5 Å². The van der Waals surface area contributed by atoms with Gasteiger partial charge in [0.2, 0.25) is 0 Å². The highest BCUT2D eigenvalue weighted by Gasteiger charge is 2.19. The van der Waals surface area contributed by atoms with E-state index < -0.39 is 0 Å². The van der Waals surface area contributed by atoms with Gasteiger partial charge in [-0.15, -0.1) is 0 Å². The van der Waals surface area contributed by atoms with E-state index in [4.69, 9.17) is 10.2 Å². The molecule has 0 atom stereocenters. The largest absolute Gasteiger partial charge is 0.395 e. The van der Waals surface area contributed by atoms with Gasteiger partial charge in [0.1, 0.15) is 0 Å². The van der Waals surface area contributed by atoms with Crippen LogP contribution in [0, 0.1) is 0 Å². The minimum Gasteiger partial charge on any atom is -0.395 e. The van der Waals surface area contributed by atoms with Crippen LogP contribution in [0.15, 0.2) is 0 Å². The van der Waals surface area contributed by atoms with Gasteiger partial charge in [-0.3, -0.25) is 4.90 Å². The molecule has 4 nitrogen and oxygen atoms in total. The summed E-state index contributed by atoms with van der Waals surface area (Å²) < 4.78 is 0. The molecular formula is C9H20N2O2. The molecule has 0 aliphatic carbocycles. The minimum absolute atomic E-state index is 0.184. The summed E-state index contributed by atoms with van der Waals surface area (Å²) >= 11 is 0. The first-order valence-electron chi connectivity index (χ1n) is 5.05. The molecule has 13 heavy (non-hydrogen) atoms. The van der Waals surface area contributed by atoms with E-state index in [1.807, 2.05) is 0 Å². The third-order valence-corrected chi connectivity index (χ3v) is 2.60. The Labute approximate surface area is 79.6 Å². The number of aliphatic hydroxyl groups is 2. The Morgan fingerprint density at radius 3 is 2.08 bits per heavy atom. The van der Waals surface area contributed by atoms with Gasteiger partial charge >= 0.3 is 0 Å². The molecule has 0 bridgehead atoms. The molecule has 0 radical (unpaired) electrons. The summed E-state index contributed by atoms with van der Waals surface area (Å²) in [5.74, 6) is 0. The molecule has 0 spiro atoms. The normalized spacial score (nSPS) is 19.6. The summed E-state index contributed by atoms with van der Waals surface area (Å²) in [7, 11) is 0. The summed E-state index contributed by atoms with van der Waals surface area (Å²) in [6.07, 6.45) is 2.25. The topological polar surface area (TPSA) is 55.7 Å². The maximum absolute atomic E-state index is 8.86. The lowest BCUT2D eigenvalue weighted by molar-refractivity contribution is 0.105. The molecular weight excluding hydrogens is 168 g/mol. The zero-order valence-electron chi connectivity index (χ0n) is 8.08. The first-order chi connectivity index (χ1) is 6.38. The van der Waals surface area contributed by atoms with E-state index in [1.54, 1.807) is 0 Å².